The highest BCUT2D eigenvalue weighted by Gasteiger charge is 2.21. The van der Waals surface area contributed by atoms with Crippen molar-refractivity contribution in [3.05, 3.63) is 83.9 Å². The molecule has 1 aliphatic rings. The zero-order valence-electron chi connectivity index (χ0n) is 17.2. The van der Waals surface area contributed by atoms with E-state index in [1.807, 2.05) is 72.8 Å². The maximum atomic E-state index is 12.7. The minimum Gasteiger partial charge on any atom is -0.349 e. The number of hydrogen-bond acceptors (Lipinski definition) is 3. The molecule has 1 heterocycles. The first-order valence-electron chi connectivity index (χ1n) is 10.8. The van der Waals surface area contributed by atoms with E-state index in [1.165, 1.54) is 0 Å². The van der Waals surface area contributed by atoms with Crippen LogP contribution < -0.4 is 5.32 Å². The fourth-order valence-corrected chi connectivity index (χ4v) is 4.23. The maximum Gasteiger partial charge on any atom is 0.251 e. The first kappa shape index (κ1) is 20.3. The number of rotatable bonds is 7. The summed E-state index contributed by atoms with van der Waals surface area (Å²) in [6.07, 6.45) is 3.34. The molecule has 1 aliphatic heterocycles. The van der Waals surface area contributed by atoms with Gasteiger partial charge in [-0.2, -0.15) is 0 Å². The van der Waals surface area contributed by atoms with Crippen molar-refractivity contribution in [1.29, 1.82) is 0 Å². The van der Waals surface area contributed by atoms with Crippen LogP contribution in [0, 0.1) is 0 Å². The van der Waals surface area contributed by atoms with Crippen LogP contribution in [-0.4, -0.2) is 42.3 Å². The van der Waals surface area contributed by atoms with Crippen molar-refractivity contribution in [2.24, 2.45) is 0 Å². The SMILES string of the molecule is O=C(NC1CCN(CCCC(=O)c2cccc3ccccc23)CC1)c1ccccc1. The second-order valence-corrected chi connectivity index (χ2v) is 8.01. The van der Waals surface area contributed by atoms with Gasteiger partial charge in [-0.05, 0) is 48.7 Å². The summed E-state index contributed by atoms with van der Waals surface area (Å²) in [6.45, 7) is 2.85. The molecule has 4 heteroatoms. The van der Waals surface area contributed by atoms with Gasteiger partial charge in [0.1, 0.15) is 0 Å². The molecule has 0 radical (unpaired) electrons. The molecule has 0 aromatic heterocycles. The maximum absolute atomic E-state index is 12.7. The molecule has 4 rings (SSSR count). The van der Waals surface area contributed by atoms with Crippen LogP contribution in [0.25, 0.3) is 10.8 Å². The third-order valence-electron chi connectivity index (χ3n) is 5.93. The quantitative estimate of drug-likeness (QED) is 0.585. The number of nitrogens with one attached hydrogen (secondary N) is 1. The molecule has 0 saturated carbocycles. The summed E-state index contributed by atoms with van der Waals surface area (Å²) in [5.74, 6) is 0.228. The Morgan fingerprint density at radius 3 is 2.37 bits per heavy atom. The summed E-state index contributed by atoms with van der Waals surface area (Å²) >= 11 is 0. The number of ketones is 1. The zero-order chi connectivity index (χ0) is 20.8. The molecule has 3 aromatic rings. The van der Waals surface area contributed by atoms with Crippen molar-refractivity contribution in [2.75, 3.05) is 19.6 Å². The lowest BCUT2D eigenvalue weighted by Gasteiger charge is -2.32. The molecule has 1 amide bonds. The number of amides is 1. The van der Waals surface area contributed by atoms with Gasteiger partial charge in [0.15, 0.2) is 5.78 Å². The molecule has 4 nitrogen and oxygen atoms in total. The molecule has 154 valence electrons. The van der Waals surface area contributed by atoms with Gasteiger partial charge in [-0.15, -0.1) is 0 Å². The van der Waals surface area contributed by atoms with Gasteiger partial charge >= 0.3 is 0 Å². The smallest absolute Gasteiger partial charge is 0.251 e. The van der Waals surface area contributed by atoms with Gasteiger partial charge in [0.25, 0.3) is 5.91 Å². The molecule has 0 bridgehead atoms. The number of fused-ring (bicyclic) bond motifs is 1. The molecule has 0 atom stereocenters. The lowest BCUT2D eigenvalue weighted by atomic mass is 9.98. The number of hydrogen-bond donors (Lipinski definition) is 1. The van der Waals surface area contributed by atoms with Gasteiger partial charge < -0.3 is 10.2 Å². The third kappa shape index (κ3) is 4.95. The fourth-order valence-electron chi connectivity index (χ4n) is 4.23. The van der Waals surface area contributed by atoms with E-state index in [1.54, 1.807) is 0 Å². The van der Waals surface area contributed by atoms with Crippen LogP contribution in [0.5, 0.6) is 0 Å². The summed E-state index contributed by atoms with van der Waals surface area (Å²) in [6, 6.07) is 23.6. The van der Waals surface area contributed by atoms with E-state index in [9.17, 15) is 9.59 Å². The van der Waals surface area contributed by atoms with Crippen molar-refractivity contribution in [2.45, 2.75) is 31.7 Å². The number of Topliss-reactive ketones (excluding diaryl/α,β-unsaturated/α-hetero) is 1. The predicted octanol–water partition coefficient (Wildman–Crippen LogP) is 4.70. The summed E-state index contributed by atoms with van der Waals surface area (Å²) in [5, 5.41) is 5.30. The number of piperidine rings is 1. The highest BCUT2D eigenvalue weighted by Crippen LogP contribution is 2.20. The molecule has 0 aliphatic carbocycles. The van der Waals surface area contributed by atoms with Crippen LogP contribution in [0.4, 0.5) is 0 Å². The Bertz CT molecular complexity index is 1000. The largest absolute Gasteiger partial charge is 0.349 e. The topological polar surface area (TPSA) is 49.4 Å². The van der Waals surface area contributed by atoms with Crippen molar-refractivity contribution >= 4 is 22.5 Å². The highest BCUT2D eigenvalue weighted by atomic mass is 16.1. The summed E-state index contributed by atoms with van der Waals surface area (Å²) in [7, 11) is 0. The highest BCUT2D eigenvalue weighted by molar-refractivity contribution is 6.08. The van der Waals surface area contributed by atoms with Crippen molar-refractivity contribution < 1.29 is 9.59 Å². The molecule has 1 N–H and O–H groups in total. The van der Waals surface area contributed by atoms with E-state index < -0.39 is 0 Å². The Kier molecular flexibility index (Phi) is 6.55. The molecule has 0 unspecified atom stereocenters. The molecule has 3 aromatic carbocycles. The van der Waals surface area contributed by atoms with Gasteiger partial charge in [-0.1, -0.05) is 60.7 Å². The van der Waals surface area contributed by atoms with E-state index in [2.05, 4.69) is 10.2 Å². The third-order valence-corrected chi connectivity index (χ3v) is 5.93. The van der Waals surface area contributed by atoms with E-state index in [0.29, 0.717) is 12.0 Å². The van der Waals surface area contributed by atoms with Gasteiger partial charge in [-0.25, -0.2) is 0 Å². The lowest BCUT2D eigenvalue weighted by molar-refractivity contribution is 0.0903. The van der Waals surface area contributed by atoms with E-state index in [4.69, 9.17) is 0 Å². The van der Waals surface area contributed by atoms with Crippen LogP contribution in [-0.2, 0) is 0 Å². The zero-order valence-corrected chi connectivity index (χ0v) is 17.2. The predicted molar refractivity (Wildman–Crippen MR) is 121 cm³/mol. The molecular weight excluding hydrogens is 372 g/mol. The number of nitrogens with zero attached hydrogens (tertiary/aromatic N) is 1. The van der Waals surface area contributed by atoms with Crippen molar-refractivity contribution in [3.8, 4) is 0 Å². The summed E-state index contributed by atoms with van der Waals surface area (Å²) < 4.78 is 0. The molecule has 1 saturated heterocycles. The van der Waals surface area contributed by atoms with E-state index in [0.717, 1.165) is 55.2 Å². The van der Waals surface area contributed by atoms with Crippen LogP contribution in [0.2, 0.25) is 0 Å². The molecule has 30 heavy (non-hydrogen) atoms. The second-order valence-electron chi connectivity index (χ2n) is 8.01. The lowest BCUT2D eigenvalue weighted by Crippen LogP contribution is -2.44. The summed E-state index contributed by atoms with van der Waals surface area (Å²) in [4.78, 5) is 27.5. The fraction of sp³-hybridized carbons (Fsp3) is 0.308. The minimum absolute atomic E-state index is 0.00901. The number of carbonyl (C=O) groups is 2. The Labute approximate surface area is 177 Å². The first-order chi connectivity index (χ1) is 14.7. The van der Waals surface area contributed by atoms with Gasteiger partial charge in [0, 0.05) is 36.7 Å². The van der Waals surface area contributed by atoms with Crippen LogP contribution in [0.1, 0.15) is 46.4 Å². The standard InChI is InChI=1S/C26H28N2O2/c29-25(24-13-6-11-20-8-4-5-12-23(20)24)14-7-17-28-18-15-22(16-19-28)27-26(30)21-9-2-1-3-10-21/h1-6,8-13,22H,7,14-19H2,(H,27,30). The number of likely N-dealkylation sites (tertiary alicyclic amines) is 1. The van der Waals surface area contributed by atoms with Crippen LogP contribution >= 0.6 is 0 Å². The Hall–Kier alpha value is -2.98. The number of carbonyl (C=O) groups excluding carboxylic acids is 2. The van der Waals surface area contributed by atoms with E-state index in [-0.39, 0.29) is 17.7 Å². The summed E-state index contributed by atoms with van der Waals surface area (Å²) in [5.41, 5.74) is 1.54. The monoisotopic (exact) mass is 400 g/mol. The van der Waals surface area contributed by atoms with Crippen molar-refractivity contribution in [1.82, 2.24) is 10.2 Å². The van der Waals surface area contributed by atoms with E-state index >= 15 is 0 Å². The van der Waals surface area contributed by atoms with Gasteiger partial charge in [0.2, 0.25) is 0 Å². The second kappa shape index (κ2) is 9.68. The van der Waals surface area contributed by atoms with Crippen LogP contribution in [0.15, 0.2) is 72.8 Å². The Balaban J connectivity index is 1.21. The molecule has 0 spiro atoms. The first-order valence-corrected chi connectivity index (χ1v) is 10.8. The Morgan fingerprint density at radius 1 is 0.867 bits per heavy atom. The normalized spacial score (nSPS) is 15.2. The molecular formula is C26H28N2O2. The Morgan fingerprint density at radius 2 is 1.57 bits per heavy atom. The minimum atomic E-state index is 0.00901. The van der Waals surface area contributed by atoms with Crippen molar-refractivity contribution in [3.63, 3.8) is 0 Å². The number of benzene rings is 3. The molecule has 1 fully saturated rings. The van der Waals surface area contributed by atoms with Gasteiger partial charge in [-0.3, -0.25) is 9.59 Å². The average Bonchev–Trinajstić information content (AvgIpc) is 2.80. The van der Waals surface area contributed by atoms with Crippen LogP contribution in [0.3, 0.4) is 0 Å². The average molecular weight is 401 g/mol. The van der Waals surface area contributed by atoms with Gasteiger partial charge in [0.05, 0.1) is 0 Å².